The van der Waals surface area contributed by atoms with Crippen LogP contribution in [-0.2, 0) is 9.59 Å². The molecule has 2 N–H and O–H groups in total. The molecular weight excluding hydrogens is 299 g/mol. The number of anilines is 1. The number of benzene rings is 1. The Morgan fingerprint density at radius 2 is 1.94 bits per heavy atom. The molecule has 1 aromatic carbocycles. The maximum atomic E-state index is 11.9. The fraction of sp³-hybridized carbons (Fsp3) is 0.100. The van der Waals surface area contributed by atoms with Crippen molar-refractivity contribution in [1.82, 2.24) is 0 Å². The van der Waals surface area contributed by atoms with E-state index in [1.807, 2.05) is 0 Å². The molecular formula is C10H6Cl2N2O3S. The number of nitrogens with zero attached hydrogens (tertiary/aromatic N) is 1. The van der Waals surface area contributed by atoms with Crippen molar-refractivity contribution in [2.45, 2.75) is 5.25 Å². The molecule has 1 aromatic rings. The summed E-state index contributed by atoms with van der Waals surface area (Å²) in [7, 11) is 0. The molecule has 5 nitrogen and oxygen atoms in total. The molecule has 1 unspecified atom stereocenters. The first kappa shape index (κ1) is 13.2. The molecule has 1 saturated heterocycles. The molecule has 3 amide bonds. The van der Waals surface area contributed by atoms with Gasteiger partial charge in [-0.1, -0.05) is 23.2 Å². The van der Waals surface area contributed by atoms with Gasteiger partial charge in [0.05, 0.1) is 15.7 Å². The summed E-state index contributed by atoms with van der Waals surface area (Å²) >= 11 is 12.1. The number of carbonyl (C=O) groups is 3. The van der Waals surface area contributed by atoms with Gasteiger partial charge in [-0.15, -0.1) is 0 Å². The number of thioether (sulfide) groups is 1. The van der Waals surface area contributed by atoms with Crippen LogP contribution in [0.1, 0.15) is 0 Å². The Balaban J connectivity index is 2.39. The van der Waals surface area contributed by atoms with E-state index in [9.17, 15) is 14.4 Å². The fourth-order valence-corrected chi connectivity index (χ4v) is 2.56. The average Bonchev–Trinajstić information content (AvgIpc) is 2.59. The van der Waals surface area contributed by atoms with Gasteiger partial charge in [0, 0.05) is 0 Å². The summed E-state index contributed by atoms with van der Waals surface area (Å²) in [5, 5.41) is -1.24. The Labute approximate surface area is 116 Å². The van der Waals surface area contributed by atoms with E-state index in [0.29, 0.717) is 16.8 Å². The molecule has 1 atom stereocenters. The van der Waals surface area contributed by atoms with Crippen LogP contribution in [0, 0.1) is 0 Å². The van der Waals surface area contributed by atoms with E-state index in [4.69, 9.17) is 28.9 Å². The number of nitrogens with two attached hydrogens (primary N) is 1. The van der Waals surface area contributed by atoms with E-state index in [-0.39, 0.29) is 10.7 Å². The van der Waals surface area contributed by atoms with Gasteiger partial charge >= 0.3 is 0 Å². The third-order valence-electron chi connectivity index (χ3n) is 2.27. The summed E-state index contributed by atoms with van der Waals surface area (Å²) in [5.74, 6) is -1.52. The zero-order valence-corrected chi connectivity index (χ0v) is 11.1. The highest BCUT2D eigenvalue weighted by molar-refractivity contribution is 8.16. The zero-order valence-electron chi connectivity index (χ0n) is 8.72. The quantitative estimate of drug-likeness (QED) is 0.848. The predicted octanol–water partition coefficient (Wildman–Crippen LogP) is 2.05. The molecule has 1 aliphatic rings. The Morgan fingerprint density at radius 1 is 1.28 bits per heavy atom. The van der Waals surface area contributed by atoms with Gasteiger partial charge < -0.3 is 5.73 Å². The summed E-state index contributed by atoms with van der Waals surface area (Å²) in [5.41, 5.74) is 5.30. The van der Waals surface area contributed by atoms with Crippen LogP contribution >= 0.6 is 35.0 Å². The molecule has 8 heteroatoms. The van der Waals surface area contributed by atoms with Gasteiger partial charge in [0.25, 0.3) is 11.1 Å². The molecule has 94 valence electrons. The van der Waals surface area contributed by atoms with Crippen LogP contribution in [0.5, 0.6) is 0 Å². The number of primary amides is 1. The third kappa shape index (κ3) is 2.19. The van der Waals surface area contributed by atoms with Gasteiger partial charge in [-0.25, -0.2) is 4.90 Å². The highest BCUT2D eigenvalue weighted by Crippen LogP contribution is 2.34. The minimum atomic E-state index is -1.19. The molecule has 0 spiro atoms. The van der Waals surface area contributed by atoms with Gasteiger partial charge in [-0.3, -0.25) is 14.4 Å². The second-order valence-corrected chi connectivity index (χ2v) is 5.31. The molecule has 0 radical (unpaired) electrons. The lowest BCUT2D eigenvalue weighted by molar-refractivity contribution is -0.124. The molecule has 1 heterocycles. The van der Waals surface area contributed by atoms with Crippen LogP contribution in [0.3, 0.4) is 0 Å². The summed E-state index contributed by atoms with van der Waals surface area (Å²) in [6.07, 6.45) is 0. The van der Waals surface area contributed by atoms with E-state index >= 15 is 0 Å². The Hall–Kier alpha value is -1.24. The minimum Gasteiger partial charge on any atom is -0.368 e. The van der Waals surface area contributed by atoms with Crippen LogP contribution in [-0.4, -0.2) is 22.3 Å². The van der Waals surface area contributed by atoms with E-state index in [2.05, 4.69) is 0 Å². The van der Waals surface area contributed by atoms with Crippen molar-refractivity contribution in [3.63, 3.8) is 0 Å². The minimum absolute atomic E-state index is 0.210. The fourth-order valence-electron chi connectivity index (χ4n) is 1.45. The van der Waals surface area contributed by atoms with Crippen LogP contribution in [0.25, 0.3) is 0 Å². The molecule has 18 heavy (non-hydrogen) atoms. The third-order valence-corrected chi connectivity index (χ3v) is 4.06. The van der Waals surface area contributed by atoms with E-state index in [0.717, 1.165) is 4.90 Å². The Bertz CT molecular complexity index is 564. The summed E-state index contributed by atoms with van der Waals surface area (Å²) < 4.78 is 0. The number of carbonyl (C=O) groups excluding carboxylic acids is 3. The molecule has 2 rings (SSSR count). The monoisotopic (exact) mass is 304 g/mol. The largest absolute Gasteiger partial charge is 0.368 e. The van der Waals surface area contributed by atoms with Crippen molar-refractivity contribution in [1.29, 1.82) is 0 Å². The molecule has 0 bridgehead atoms. The molecule has 0 saturated carbocycles. The summed E-state index contributed by atoms with van der Waals surface area (Å²) in [6, 6.07) is 4.31. The lowest BCUT2D eigenvalue weighted by Gasteiger charge is -2.13. The number of hydrogen-bond donors (Lipinski definition) is 1. The normalized spacial score (nSPS) is 19.4. The molecule has 1 aliphatic heterocycles. The standard InChI is InChI=1S/C10H6Cl2N2O3S/c11-5-2-1-4(3-6(5)12)14-9(16)7(8(13)15)18-10(14)17/h1-3,7H,(H2,13,15). The molecule has 1 fully saturated rings. The smallest absolute Gasteiger partial charge is 0.294 e. The van der Waals surface area contributed by atoms with E-state index in [1.165, 1.54) is 18.2 Å². The second-order valence-electron chi connectivity index (χ2n) is 3.44. The predicted molar refractivity (Wildman–Crippen MR) is 69.9 cm³/mol. The highest BCUT2D eigenvalue weighted by Gasteiger charge is 2.43. The average molecular weight is 305 g/mol. The van der Waals surface area contributed by atoms with E-state index in [1.54, 1.807) is 0 Å². The van der Waals surface area contributed by atoms with Crippen LogP contribution in [0.4, 0.5) is 10.5 Å². The Morgan fingerprint density at radius 3 is 2.44 bits per heavy atom. The highest BCUT2D eigenvalue weighted by atomic mass is 35.5. The lowest BCUT2D eigenvalue weighted by Crippen LogP contribution is -2.37. The van der Waals surface area contributed by atoms with Gasteiger partial charge in [0.15, 0.2) is 5.25 Å². The van der Waals surface area contributed by atoms with E-state index < -0.39 is 22.3 Å². The van der Waals surface area contributed by atoms with Gasteiger partial charge in [-0.05, 0) is 30.0 Å². The van der Waals surface area contributed by atoms with Gasteiger partial charge in [0.2, 0.25) is 5.91 Å². The summed E-state index contributed by atoms with van der Waals surface area (Å²) in [4.78, 5) is 35.4. The van der Waals surface area contributed by atoms with Crippen molar-refractivity contribution in [3.05, 3.63) is 28.2 Å². The van der Waals surface area contributed by atoms with Crippen molar-refractivity contribution < 1.29 is 14.4 Å². The Kier molecular flexibility index (Phi) is 3.52. The van der Waals surface area contributed by atoms with Gasteiger partial charge in [-0.2, -0.15) is 0 Å². The molecule has 0 aliphatic carbocycles. The van der Waals surface area contributed by atoms with Crippen molar-refractivity contribution in [2.24, 2.45) is 5.73 Å². The number of amides is 3. The SMILES string of the molecule is NC(=O)C1SC(=O)N(c2ccc(Cl)c(Cl)c2)C1=O. The number of rotatable bonds is 2. The van der Waals surface area contributed by atoms with Gasteiger partial charge in [0.1, 0.15) is 0 Å². The van der Waals surface area contributed by atoms with Crippen molar-refractivity contribution in [3.8, 4) is 0 Å². The first-order chi connectivity index (χ1) is 8.41. The maximum Gasteiger partial charge on any atom is 0.294 e. The van der Waals surface area contributed by atoms with Crippen LogP contribution < -0.4 is 10.6 Å². The topological polar surface area (TPSA) is 80.5 Å². The second kappa shape index (κ2) is 4.79. The maximum absolute atomic E-state index is 11.9. The first-order valence-electron chi connectivity index (χ1n) is 4.71. The van der Waals surface area contributed by atoms with Crippen molar-refractivity contribution in [2.75, 3.05) is 4.90 Å². The summed E-state index contributed by atoms with van der Waals surface area (Å²) in [6.45, 7) is 0. The van der Waals surface area contributed by atoms with Crippen molar-refractivity contribution >= 4 is 57.7 Å². The number of hydrogen-bond acceptors (Lipinski definition) is 4. The van der Waals surface area contributed by atoms with Crippen LogP contribution in [0.2, 0.25) is 10.0 Å². The zero-order chi connectivity index (χ0) is 13.4. The lowest BCUT2D eigenvalue weighted by atomic mass is 10.2. The number of imide groups is 1. The first-order valence-corrected chi connectivity index (χ1v) is 6.34. The van der Waals surface area contributed by atoms with Crippen LogP contribution in [0.15, 0.2) is 18.2 Å². The molecule has 0 aromatic heterocycles. The number of halogens is 2.